The lowest BCUT2D eigenvalue weighted by Gasteiger charge is -2.18. The normalized spacial score (nSPS) is 30.6. The molecule has 14 nitrogen and oxygen atoms in total. The molecular weight excluding hydrogens is 542 g/mol. The van der Waals surface area contributed by atoms with Gasteiger partial charge in [0.25, 0.3) is 0 Å². The third kappa shape index (κ3) is 6.16. The number of halogens is 3. The molecule has 1 saturated carbocycles. The number of fused-ring (bicyclic) bond motifs is 1. The molecule has 2 fully saturated rings. The quantitative estimate of drug-likeness (QED) is 0.247. The molecule has 0 spiro atoms. The van der Waals surface area contributed by atoms with Crippen LogP contribution in [0.2, 0.25) is 5.28 Å². The predicted octanol–water partition coefficient (Wildman–Crippen LogP) is 0.876. The SMILES string of the molecule is O=P(O)(O)CP(=O)(O)OC[C@H]1OC(c2cnc3c(N[C@H]4CCC(F)(F)C4)nc(Cl)nn23)[C@H](O)[C@@H]1O. The van der Waals surface area contributed by atoms with E-state index in [-0.39, 0.29) is 35.3 Å². The smallest absolute Gasteiger partial charge is 0.340 e. The van der Waals surface area contributed by atoms with Crippen molar-refractivity contribution in [2.45, 2.75) is 55.6 Å². The second kappa shape index (κ2) is 9.53. The van der Waals surface area contributed by atoms with Crippen molar-refractivity contribution in [3.8, 4) is 0 Å². The molecule has 0 bridgehead atoms. The van der Waals surface area contributed by atoms with E-state index in [0.29, 0.717) is 0 Å². The van der Waals surface area contributed by atoms with E-state index in [4.69, 9.17) is 26.1 Å². The van der Waals surface area contributed by atoms with Crippen molar-refractivity contribution in [1.29, 1.82) is 0 Å². The van der Waals surface area contributed by atoms with Crippen LogP contribution in [0.15, 0.2) is 6.20 Å². The number of hydrogen-bond donors (Lipinski definition) is 6. The molecule has 196 valence electrons. The van der Waals surface area contributed by atoms with E-state index in [2.05, 4.69) is 24.9 Å². The highest BCUT2D eigenvalue weighted by Gasteiger charge is 2.46. The van der Waals surface area contributed by atoms with Crippen molar-refractivity contribution in [3.05, 3.63) is 17.2 Å². The van der Waals surface area contributed by atoms with Gasteiger partial charge in [0.05, 0.1) is 18.5 Å². The molecule has 19 heteroatoms. The molecule has 3 heterocycles. The first-order valence-corrected chi connectivity index (χ1v) is 14.2. The van der Waals surface area contributed by atoms with Crippen LogP contribution in [0.3, 0.4) is 0 Å². The second-order valence-electron chi connectivity index (χ2n) is 8.40. The largest absolute Gasteiger partial charge is 0.387 e. The standard InChI is InChI=1S/C16H22ClF2N5O9P2/c17-15-22-13(21-7-1-2-16(18,19)3-7)14-20-4-8(24(14)23-15)12-11(26)10(25)9(33-12)5-32-35(30,31)6-34(27,28)29/h4,7,9-12,25-26H,1-3,5-6H2,(H,30,31)(H,21,22,23)(H2,27,28,29)/t7-,9+,10+,11+,12?/m0/s1. The fraction of sp³-hybridized carbons (Fsp3) is 0.688. The summed E-state index contributed by atoms with van der Waals surface area (Å²) in [5.41, 5.74) is 0.187. The highest BCUT2D eigenvalue weighted by molar-refractivity contribution is 7.70. The Morgan fingerprint density at radius 1 is 1.29 bits per heavy atom. The van der Waals surface area contributed by atoms with Crippen LogP contribution in [0.4, 0.5) is 14.6 Å². The number of anilines is 1. The number of aromatic nitrogens is 4. The fourth-order valence-corrected chi connectivity index (χ4v) is 6.75. The molecule has 0 radical (unpaired) electrons. The van der Waals surface area contributed by atoms with Crippen LogP contribution >= 0.6 is 26.8 Å². The fourth-order valence-electron chi connectivity index (χ4n) is 4.02. The first-order valence-electron chi connectivity index (χ1n) is 10.2. The number of hydrogen-bond acceptors (Lipinski definition) is 10. The van der Waals surface area contributed by atoms with Gasteiger partial charge in [0.2, 0.25) is 11.2 Å². The highest BCUT2D eigenvalue weighted by Crippen LogP contribution is 2.55. The zero-order valence-corrected chi connectivity index (χ0v) is 20.2. The summed E-state index contributed by atoms with van der Waals surface area (Å²) in [4.78, 5) is 35.5. The predicted molar refractivity (Wildman–Crippen MR) is 114 cm³/mol. The molecule has 6 N–H and O–H groups in total. The van der Waals surface area contributed by atoms with E-state index in [0.717, 1.165) is 4.52 Å². The molecule has 2 aliphatic rings. The summed E-state index contributed by atoms with van der Waals surface area (Å²) in [6, 6.07) is -0.584. The Balaban J connectivity index is 1.53. The second-order valence-corrected chi connectivity index (χ2v) is 12.7. The van der Waals surface area contributed by atoms with Crippen molar-refractivity contribution in [2.75, 3.05) is 17.8 Å². The van der Waals surface area contributed by atoms with Gasteiger partial charge in [0, 0.05) is 18.9 Å². The Morgan fingerprint density at radius 2 is 2.00 bits per heavy atom. The summed E-state index contributed by atoms with van der Waals surface area (Å²) < 4.78 is 61.4. The number of rotatable bonds is 8. The minimum Gasteiger partial charge on any atom is -0.387 e. The number of imidazole rings is 1. The maximum absolute atomic E-state index is 13.6. The van der Waals surface area contributed by atoms with Crippen LogP contribution in [0.25, 0.3) is 5.65 Å². The molecule has 1 aliphatic carbocycles. The van der Waals surface area contributed by atoms with E-state index in [1.807, 2.05) is 0 Å². The summed E-state index contributed by atoms with van der Waals surface area (Å²) in [6.45, 7) is -0.766. The molecule has 2 aromatic heterocycles. The molecule has 4 rings (SSSR count). The van der Waals surface area contributed by atoms with Crippen LogP contribution in [-0.2, 0) is 18.4 Å². The first-order chi connectivity index (χ1) is 16.1. The Hall–Kier alpha value is -1.32. The lowest BCUT2D eigenvalue weighted by molar-refractivity contribution is -0.0204. The maximum atomic E-state index is 13.6. The molecular formula is C16H22ClF2N5O9P2. The molecule has 6 atom stereocenters. The van der Waals surface area contributed by atoms with Gasteiger partial charge >= 0.3 is 15.2 Å². The molecule has 0 amide bonds. The van der Waals surface area contributed by atoms with Gasteiger partial charge in [-0.3, -0.25) is 9.13 Å². The van der Waals surface area contributed by atoms with Crippen LogP contribution in [0.5, 0.6) is 0 Å². The van der Waals surface area contributed by atoms with Gasteiger partial charge in [-0.15, -0.1) is 5.10 Å². The van der Waals surface area contributed by atoms with Crippen molar-refractivity contribution in [1.82, 2.24) is 19.6 Å². The third-order valence-electron chi connectivity index (χ3n) is 5.56. The van der Waals surface area contributed by atoms with Gasteiger partial charge < -0.3 is 39.5 Å². The zero-order valence-electron chi connectivity index (χ0n) is 17.7. The minimum absolute atomic E-state index is 0.0746. The zero-order chi connectivity index (χ0) is 25.8. The molecule has 2 unspecified atom stereocenters. The summed E-state index contributed by atoms with van der Waals surface area (Å²) in [6.07, 6.45) is -5.07. The molecule has 0 aromatic carbocycles. The molecule has 1 aliphatic heterocycles. The lowest BCUT2D eigenvalue weighted by atomic mass is 10.1. The number of alkyl halides is 2. The number of nitrogens with zero attached hydrogens (tertiary/aromatic N) is 4. The third-order valence-corrected chi connectivity index (χ3v) is 9.18. The Bertz CT molecular complexity index is 1200. The minimum atomic E-state index is -4.86. The van der Waals surface area contributed by atoms with Crippen molar-refractivity contribution in [3.63, 3.8) is 0 Å². The Labute approximate surface area is 200 Å². The number of aliphatic hydroxyl groups is 2. The average molecular weight is 564 g/mol. The monoisotopic (exact) mass is 563 g/mol. The summed E-state index contributed by atoms with van der Waals surface area (Å²) in [7, 11) is -9.58. The van der Waals surface area contributed by atoms with E-state index < -0.39 is 70.5 Å². The van der Waals surface area contributed by atoms with Crippen LogP contribution < -0.4 is 5.32 Å². The average Bonchev–Trinajstić information content (AvgIpc) is 3.35. The number of nitrogens with one attached hydrogen (secondary N) is 1. The van der Waals surface area contributed by atoms with Crippen molar-refractivity contribution in [2.24, 2.45) is 0 Å². The van der Waals surface area contributed by atoms with E-state index in [1.54, 1.807) is 0 Å². The van der Waals surface area contributed by atoms with Crippen molar-refractivity contribution >= 4 is 38.3 Å². The van der Waals surface area contributed by atoms with E-state index in [1.165, 1.54) is 6.20 Å². The highest BCUT2D eigenvalue weighted by atomic mass is 35.5. The van der Waals surface area contributed by atoms with E-state index >= 15 is 0 Å². The Kier molecular flexibility index (Phi) is 7.28. The maximum Gasteiger partial charge on any atom is 0.340 e. The summed E-state index contributed by atoms with van der Waals surface area (Å²) >= 11 is 5.99. The van der Waals surface area contributed by atoms with Crippen LogP contribution in [-0.4, -0.2) is 87.3 Å². The Morgan fingerprint density at radius 3 is 2.63 bits per heavy atom. The summed E-state index contributed by atoms with van der Waals surface area (Å²) in [5.74, 6) is -4.16. The van der Waals surface area contributed by atoms with Gasteiger partial charge in [0.1, 0.15) is 24.4 Å². The first kappa shape index (κ1) is 26.7. The van der Waals surface area contributed by atoms with Crippen molar-refractivity contribution < 1.29 is 52.1 Å². The van der Waals surface area contributed by atoms with E-state index in [9.17, 15) is 33.0 Å². The molecule has 35 heavy (non-hydrogen) atoms. The molecule has 1 saturated heterocycles. The lowest BCUT2D eigenvalue weighted by Crippen LogP contribution is -2.33. The van der Waals surface area contributed by atoms with Gasteiger partial charge in [-0.25, -0.2) is 18.3 Å². The topological polar surface area (TPSA) is 209 Å². The van der Waals surface area contributed by atoms with Gasteiger partial charge in [0.15, 0.2) is 17.4 Å². The number of ether oxygens (including phenoxy) is 1. The molecule has 2 aromatic rings. The van der Waals surface area contributed by atoms with Crippen LogP contribution in [0.1, 0.15) is 31.1 Å². The van der Waals surface area contributed by atoms with Crippen LogP contribution in [0, 0.1) is 0 Å². The van der Waals surface area contributed by atoms with Gasteiger partial charge in [-0.05, 0) is 18.0 Å². The van der Waals surface area contributed by atoms with Gasteiger partial charge in [-0.2, -0.15) is 4.98 Å². The summed E-state index contributed by atoms with van der Waals surface area (Å²) in [5, 5.41) is 27.4. The number of aliphatic hydroxyl groups excluding tert-OH is 2. The van der Waals surface area contributed by atoms with Gasteiger partial charge in [-0.1, -0.05) is 0 Å².